The largest absolute Gasteiger partial charge is 0.385 e. The maximum atomic E-state index is 12.3. The van der Waals surface area contributed by atoms with Crippen LogP contribution < -0.4 is 5.32 Å². The maximum absolute atomic E-state index is 12.3. The van der Waals surface area contributed by atoms with Gasteiger partial charge in [0.05, 0.1) is 0 Å². The minimum absolute atomic E-state index is 0.160. The molecule has 0 aliphatic carbocycles. The Balaban J connectivity index is 1.56. The SMILES string of the molecule is O=C(CCNc1ccc(I)cc1)c1ccc(-c2ccccc2)cc1. The molecule has 0 aliphatic rings. The molecule has 0 aliphatic heterocycles. The number of ketones is 1. The van der Waals surface area contributed by atoms with E-state index in [-0.39, 0.29) is 5.78 Å². The quantitative estimate of drug-likeness (QED) is 0.407. The van der Waals surface area contributed by atoms with Gasteiger partial charge in [-0.2, -0.15) is 0 Å². The van der Waals surface area contributed by atoms with Crippen molar-refractivity contribution in [2.45, 2.75) is 6.42 Å². The Bertz CT molecular complexity index is 796. The van der Waals surface area contributed by atoms with E-state index >= 15 is 0 Å². The Morgan fingerprint density at radius 3 is 2.08 bits per heavy atom. The topological polar surface area (TPSA) is 29.1 Å². The molecule has 2 nitrogen and oxygen atoms in total. The van der Waals surface area contributed by atoms with Gasteiger partial charge in [0.15, 0.2) is 5.78 Å². The van der Waals surface area contributed by atoms with Gasteiger partial charge in [-0.15, -0.1) is 0 Å². The molecule has 0 saturated carbocycles. The van der Waals surface area contributed by atoms with Crippen molar-refractivity contribution in [1.29, 1.82) is 0 Å². The van der Waals surface area contributed by atoms with E-state index in [4.69, 9.17) is 0 Å². The fourth-order valence-electron chi connectivity index (χ4n) is 2.51. The summed E-state index contributed by atoms with van der Waals surface area (Å²) in [4.78, 5) is 12.3. The summed E-state index contributed by atoms with van der Waals surface area (Å²) in [5, 5.41) is 3.29. The number of carbonyl (C=O) groups excluding carboxylic acids is 1. The molecule has 1 N–H and O–H groups in total. The van der Waals surface area contributed by atoms with Crippen molar-refractivity contribution >= 4 is 34.1 Å². The summed E-state index contributed by atoms with van der Waals surface area (Å²) in [6, 6.07) is 26.2. The maximum Gasteiger partial charge on any atom is 0.164 e. The molecular formula is C21H18INO. The Labute approximate surface area is 156 Å². The van der Waals surface area contributed by atoms with Gasteiger partial charge in [0.2, 0.25) is 0 Å². The van der Waals surface area contributed by atoms with Gasteiger partial charge < -0.3 is 5.32 Å². The zero-order valence-corrected chi connectivity index (χ0v) is 15.4. The van der Waals surface area contributed by atoms with Crippen molar-refractivity contribution in [2.75, 3.05) is 11.9 Å². The van der Waals surface area contributed by atoms with Crippen molar-refractivity contribution in [3.8, 4) is 11.1 Å². The van der Waals surface area contributed by atoms with Crippen LogP contribution in [0.5, 0.6) is 0 Å². The van der Waals surface area contributed by atoms with Gasteiger partial charge >= 0.3 is 0 Å². The lowest BCUT2D eigenvalue weighted by atomic mass is 10.0. The molecule has 0 heterocycles. The van der Waals surface area contributed by atoms with E-state index in [1.54, 1.807) is 0 Å². The van der Waals surface area contributed by atoms with Gasteiger partial charge in [0.1, 0.15) is 0 Å². The predicted molar refractivity (Wildman–Crippen MR) is 108 cm³/mol. The molecule has 120 valence electrons. The molecule has 0 fully saturated rings. The normalized spacial score (nSPS) is 10.4. The highest BCUT2D eigenvalue weighted by Crippen LogP contribution is 2.19. The summed E-state index contributed by atoms with van der Waals surface area (Å²) < 4.78 is 1.20. The highest BCUT2D eigenvalue weighted by atomic mass is 127. The number of rotatable bonds is 6. The van der Waals surface area contributed by atoms with Gasteiger partial charge in [0, 0.05) is 27.8 Å². The molecule has 0 amide bonds. The van der Waals surface area contributed by atoms with Crippen LogP contribution in [0.4, 0.5) is 5.69 Å². The average molecular weight is 427 g/mol. The van der Waals surface area contributed by atoms with E-state index in [0.29, 0.717) is 13.0 Å². The molecule has 0 radical (unpaired) electrons. The zero-order valence-electron chi connectivity index (χ0n) is 13.2. The first-order valence-electron chi connectivity index (χ1n) is 7.90. The minimum Gasteiger partial charge on any atom is -0.385 e. The fraction of sp³-hybridized carbons (Fsp3) is 0.0952. The predicted octanol–water partition coefficient (Wildman–Crippen LogP) is 5.64. The third-order valence-electron chi connectivity index (χ3n) is 3.84. The molecule has 3 aromatic carbocycles. The van der Waals surface area contributed by atoms with Gasteiger partial charge in [-0.1, -0.05) is 54.6 Å². The molecule has 0 saturated heterocycles. The van der Waals surface area contributed by atoms with E-state index in [0.717, 1.165) is 22.4 Å². The second-order valence-corrected chi connectivity index (χ2v) is 6.80. The molecule has 3 rings (SSSR count). The molecular weight excluding hydrogens is 409 g/mol. The van der Waals surface area contributed by atoms with E-state index < -0.39 is 0 Å². The van der Waals surface area contributed by atoms with Gasteiger partial charge in [0.25, 0.3) is 0 Å². The molecule has 3 aromatic rings. The number of benzene rings is 3. The van der Waals surface area contributed by atoms with Crippen LogP contribution >= 0.6 is 22.6 Å². The van der Waals surface area contributed by atoms with Crippen LogP contribution in [0.2, 0.25) is 0 Å². The van der Waals surface area contributed by atoms with Crippen LogP contribution in [0, 0.1) is 3.57 Å². The van der Waals surface area contributed by atoms with Crippen molar-refractivity contribution in [3.05, 3.63) is 88.0 Å². The first kappa shape index (κ1) is 16.7. The van der Waals surface area contributed by atoms with Crippen LogP contribution in [-0.4, -0.2) is 12.3 Å². The average Bonchev–Trinajstić information content (AvgIpc) is 2.64. The zero-order chi connectivity index (χ0) is 16.8. The van der Waals surface area contributed by atoms with Gasteiger partial charge in [-0.3, -0.25) is 4.79 Å². The van der Waals surface area contributed by atoms with E-state index in [9.17, 15) is 4.79 Å². The Hall–Kier alpha value is -2.14. The van der Waals surface area contributed by atoms with Crippen molar-refractivity contribution < 1.29 is 4.79 Å². The molecule has 0 atom stereocenters. The second kappa shape index (κ2) is 8.11. The van der Waals surface area contributed by atoms with Crippen molar-refractivity contribution in [2.24, 2.45) is 0 Å². The highest BCUT2D eigenvalue weighted by molar-refractivity contribution is 14.1. The third kappa shape index (κ3) is 4.45. The standard InChI is InChI=1S/C21H18INO/c22-19-10-12-20(13-11-19)23-15-14-21(24)18-8-6-17(7-9-18)16-4-2-1-3-5-16/h1-13,23H,14-15H2. The second-order valence-electron chi connectivity index (χ2n) is 5.55. The van der Waals surface area contributed by atoms with Crippen LogP contribution in [0.1, 0.15) is 16.8 Å². The molecule has 24 heavy (non-hydrogen) atoms. The number of halogens is 1. The molecule has 0 unspecified atom stereocenters. The Morgan fingerprint density at radius 2 is 1.42 bits per heavy atom. The third-order valence-corrected chi connectivity index (χ3v) is 4.56. The molecule has 0 bridgehead atoms. The Morgan fingerprint density at radius 1 is 0.792 bits per heavy atom. The van der Waals surface area contributed by atoms with Crippen LogP contribution in [0.15, 0.2) is 78.9 Å². The van der Waals surface area contributed by atoms with E-state index in [2.05, 4.69) is 40.0 Å². The summed E-state index contributed by atoms with van der Waals surface area (Å²) in [5.74, 6) is 0.160. The number of anilines is 1. The lowest BCUT2D eigenvalue weighted by molar-refractivity contribution is 0.0986. The number of hydrogen-bond donors (Lipinski definition) is 1. The first-order chi connectivity index (χ1) is 11.7. The monoisotopic (exact) mass is 427 g/mol. The summed E-state index contributed by atoms with van der Waals surface area (Å²) in [5.41, 5.74) is 4.10. The minimum atomic E-state index is 0.160. The number of Topliss-reactive ketones (excluding diaryl/α,β-unsaturated/α-hetero) is 1. The van der Waals surface area contributed by atoms with Crippen LogP contribution in [0.3, 0.4) is 0 Å². The van der Waals surface area contributed by atoms with Crippen molar-refractivity contribution in [1.82, 2.24) is 0 Å². The molecule has 0 spiro atoms. The van der Waals surface area contributed by atoms with Crippen molar-refractivity contribution in [3.63, 3.8) is 0 Å². The molecule has 3 heteroatoms. The van der Waals surface area contributed by atoms with E-state index in [1.165, 1.54) is 3.57 Å². The van der Waals surface area contributed by atoms with E-state index in [1.807, 2.05) is 66.7 Å². The van der Waals surface area contributed by atoms with Crippen LogP contribution in [-0.2, 0) is 0 Å². The number of carbonyl (C=O) groups is 1. The summed E-state index contributed by atoms with van der Waals surface area (Å²) in [6.07, 6.45) is 0.483. The van der Waals surface area contributed by atoms with Gasteiger partial charge in [-0.25, -0.2) is 0 Å². The number of nitrogens with one attached hydrogen (secondary N) is 1. The molecule has 0 aromatic heterocycles. The Kier molecular flexibility index (Phi) is 5.64. The summed E-state index contributed by atoms with van der Waals surface area (Å²) in [6.45, 7) is 0.639. The van der Waals surface area contributed by atoms with Crippen LogP contribution in [0.25, 0.3) is 11.1 Å². The number of hydrogen-bond acceptors (Lipinski definition) is 2. The van der Waals surface area contributed by atoms with Gasteiger partial charge in [-0.05, 0) is 58.0 Å². The first-order valence-corrected chi connectivity index (χ1v) is 8.98. The highest BCUT2D eigenvalue weighted by Gasteiger charge is 2.06. The fourth-order valence-corrected chi connectivity index (χ4v) is 2.87. The summed E-state index contributed by atoms with van der Waals surface area (Å²) >= 11 is 2.28. The lowest BCUT2D eigenvalue weighted by Gasteiger charge is -2.07. The lowest BCUT2D eigenvalue weighted by Crippen LogP contribution is -2.08. The smallest absolute Gasteiger partial charge is 0.164 e. The summed E-state index contributed by atoms with van der Waals surface area (Å²) in [7, 11) is 0.